The maximum atomic E-state index is 4.16. The van der Waals surface area contributed by atoms with Gasteiger partial charge in [0.05, 0.1) is 6.54 Å². The molecule has 1 heterocycles. The summed E-state index contributed by atoms with van der Waals surface area (Å²) >= 11 is 0. The predicted molar refractivity (Wildman–Crippen MR) is 77.0 cm³/mol. The second-order valence-corrected chi connectivity index (χ2v) is 5.21. The number of hydrogen-bond donors (Lipinski definition) is 1. The predicted octanol–water partition coefficient (Wildman–Crippen LogP) is 2.11. The van der Waals surface area contributed by atoms with Crippen LogP contribution < -0.4 is 5.32 Å². The zero-order chi connectivity index (χ0) is 13.5. The molecule has 1 aromatic carbocycles. The summed E-state index contributed by atoms with van der Waals surface area (Å²) in [5, 5.41) is 7.65. The average Bonchev–Trinajstić information content (AvgIpc) is 2.89. The minimum Gasteiger partial charge on any atom is -0.316 e. The molecule has 0 saturated heterocycles. The molecule has 0 aliphatic heterocycles. The van der Waals surface area contributed by atoms with E-state index in [0.717, 1.165) is 26.1 Å². The van der Waals surface area contributed by atoms with Gasteiger partial charge in [-0.3, -0.25) is 0 Å². The highest BCUT2D eigenvalue weighted by Crippen LogP contribution is 2.10. The Hall–Kier alpha value is -1.68. The molecule has 4 nitrogen and oxygen atoms in total. The Balaban J connectivity index is 1.92. The molecule has 19 heavy (non-hydrogen) atoms. The van der Waals surface area contributed by atoms with E-state index in [1.165, 1.54) is 11.1 Å². The van der Waals surface area contributed by atoms with E-state index in [2.05, 4.69) is 53.5 Å². The summed E-state index contributed by atoms with van der Waals surface area (Å²) in [5.74, 6) is 0.699. The molecule has 1 N–H and O–H groups in total. The molecule has 2 rings (SSSR count). The maximum Gasteiger partial charge on any atom is 0.137 e. The molecule has 0 spiro atoms. The van der Waals surface area contributed by atoms with Crippen molar-refractivity contribution < 1.29 is 0 Å². The molecular weight excluding hydrogens is 236 g/mol. The first-order chi connectivity index (χ1) is 9.25. The maximum absolute atomic E-state index is 4.16. The molecule has 0 atom stereocenters. The Labute approximate surface area is 114 Å². The van der Waals surface area contributed by atoms with Gasteiger partial charge in [-0.2, -0.15) is 5.10 Å². The highest BCUT2D eigenvalue weighted by molar-refractivity contribution is 5.27. The van der Waals surface area contributed by atoms with Gasteiger partial charge in [-0.25, -0.2) is 9.67 Å². The molecule has 0 fully saturated rings. The third kappa shape index (κ3) is 4.48. The topological polar surface area (TPSA) is 42.7 Å². The van der Waals surface area contributed by atoms with Crippen LogP contribution in [0.1, 0.15) is 25.0 Å². The Morgan fingerprint density at radius 1 is 1.21 bits per heavy atom. The largest absolute Gasteiger partial charge is 0.316 e. The minimum absolute atomic E-state index is 0.699. The highest BCUT2D eigenvalue weighted by Gasteiger charge is 2.03. The van der Waals surface area contributed by atoms with E-state index in [1.807, 2.05) is 4.68 Å². The van der Waals surface area contributed by atoms with Crippen LogP contribution in [-0.2, 0) is 13.0 Å². The number of hydrogen-bond acceptors (Lipinski definition) is 3. The summed E-state index contributed by atoms with van der Waals surface area (Å²) in [5.41, 5.74) is 2.70. The van der Waals surface area contributed by atoms with Crippen molar-refractivity contribution in [3.05, 3.63) is 48.0 Å². The Bertz CT molecular complexity index is 477. The van der Waals surface area contributed by atoms with Gasteiger partial charge in [-0.1, -0.05) is 38.1 Å². The quantitative estimate of drug-likeness (QED) is 0.774. The van der Waals surface area contributed by atoms with Crippen molar-refractivity contribution in [3.63, 3.8) is 0 Å². The van der Waals surface area contributed by atoms with Crippen molar-refractivity contribution >= 4 is 0 Å². The number of aromatic nitrogens is 3. The Morgan fingerprint density at radius 2 is 2.00 bits per heavy atom. The third-order valence-corrected chi connectivity index (χ3v) is 3.04. The summed E-state index contributed by atoms with van der Waals surface area (Å²) in [6, 6.07) is 8.54. The van der Waals surface area contributed by atoms with Crippen LogP contribution in [0.5, 0.6) is 0 Å². The molecule has 0 unspecified atom stereocenters. The lowest BCUT2D eigenvalue weighted by Gasteiger charge is -2.11. The van der Waals surface area contributed by atoms with E-state index in [1.54, 1.807) is 12.7 Å². The van der Waals surface area contributed by atoms with Gasteiger partial charge in [0, 0.05) is 0 Å². The molecule has 0 amide bonds. The van der Waals surface area contributed by atoms with Crippen LogP contribution in [0.3, 0.4) is 0 Å². The average molecular weight is 258 g/mol. The highest BCUT2D eigenvalue weighted by atomic mass is 15.3. The second-order valence-electron chi connectivity index (χ2n) is 5.21. The summed E-state index contributed by atoms with van der Waals surface area (Å²) in [6.45, 7) is 7.34. The number of benzene rings is 1. The van der Waals surface area contributed by atoms with Crippen molar-refractivity contribution in [2.24, 2.45) is 5.92 Å². The zero-order valence-electron chi connectivity index (χ0n) is 11.7. The molecule has 0 bridgehead atoms. The van der Waals surface area contributed by atoms with Gasteiger partial charge >= 0.3 is 0 Å². The molecule has 0 radical (unpaired) electrons. The molecule has 4 heteroatoms. The molecule has 0 aliphatic rings. The molecule has 2 aromatic rings. The van der Waals surface area contributed by atoms with Crippen molar-refractivity contribution in [1.82, 2.24) is 20.1 Å². The third-order valence-electron chi connectivity index (χ3n) is 3.04. The number of nitrogens with zero attached hydrogens (tertiary/aromatic N) is 3. The smallest absolute Gasteiger partial charge is 0.137 e. The summed E-state index contributed by atoms with van der Waals surface area (Å²) in [4.78, 5) is 3.98. The van der Waals surface area contributed by atoms with Gasteiger partial charge < -0.3 is 5.32 Å². The van der Waals surface area contributed by atoms with E-state index in [-0.39, 0.29) is 0 Å². The van der Waals surface area contributed by atoms with Gasteiger partial charge in [-0.05, 0) is 36.6 Å². The minimum atomic E-state index is 0.699. The molecule has 1 aromatic heterocycles. The lowest BCUT2D eigenvalue weighted by molar-refractivity contribution is 0.553. The number of nitrogens with one attached hydrogen (secondary N) is 1. The molecule has 0 aliphatic carbocycles. The first-order valence-corrected chi connectivity index (χ1v) is 6.85. The lowest BCUT2D eigenvalue weighted by atomic mass is 10.0. The fraction of sp³-hybridized carbons (Fsp3) is 0.467. The van der Waals surface area contributed by atoms with Crippen LogP contribution in [0.2, 0.25) is 0 Å². The first kappa shape index (κ1) is 13.7. The Kier molecular flexibility index (Phi) is 5.10. The fourth-order valence-electron chi connectivity index (χ4n) is 2.06. The van der Waals surface area contributed by atoms with Crippen LogP contribution >= 0.6 is 0 Å². The molecule has 102 valence electrons. The van der Waals surface area contributed by atoms with E-state index in [9.17, 15) is 0 Å². The lowest BCUT2D eigenvalue weighted by Crippen LogP contribution is -2.22. The first-order valence-electron chi connectivity index (χ1n) is 6.85. The summed E-state index contributed by atoms with van der Waals surface area (Å²) in [7, 11) is 0. The van der Waals surface area contributed by atoms with Crippen LogP contribution in [0.15, 0.2) is 36.9 Å². The second kappa shape index (κ2) is 7.04. The van der Waals surface area contributed by atoms with Crippen molar-refractivity contribution in [2.45, 2.75) is 26.8 Å². The fourth-order valence-corrected chi connectivity index (χ4v) is 2.06. The van der Waals surface area contributed by atoms with Gasteiger partial charge in [-0.15, -0.1) is 0 Å². The van der Waals surface area contributed by atoms with Gasteiger partial charge in [0.1, 0.15) is 12.7 Å². The molecular formula is C15H22N4. The van der Waals surface area contributed by atoms with Crippen molar-refractivity contribution in [1.29, 1.82) is 0 Å². The van der Waals surface area contributed by atoms with Gasteiger partial charge in [0.2, 0.25) is 0 Å². The van der Waals surface area contributed by atoms with E-state index >= 15 is 0 Å². The van der Waals surface area contributed by atoms with E-state index in [0.29, 0.717) is 5.92 Å². The standard InChI is InChI=1S/C15H22N4/c1-13(2)9-16-8-7-14-5-3-4-6-15(14)10-19-12-17-11-18-19/h3-6,11-13,16H,7-10H2,1-2H3. The van der Waals surface area contributed by atoms with Crippen LogP contribution in [0.4, 0.5) is 0 Å². The monoisotopic (exact) mass is 258 g/mol. The summed E-state index contributed by atoms with van der Waals surface area (Å²) < 4.78 is 1.86. The number of rotatable bonds is 7. The summed E-state index contributed by atoms with van der Waals surface area (Å²) in [6.07, 6.45) is 4.39. The van der Waals surface area contributed by atoms with Gasteiger partial charge in [0.15, 0.2) is 0 Å². The zero-order valence-corrected chi connectivity index (χ0v) is 11.7. The Morgan fingerprint density at radius 3 is 2.68 bits per heavy atom. The van der Waals surface area contributed by atoms with Crippen LogP contribution in [0, 0.1) is 5.92 Å². The van der Waals surface area contributed by atoms with Crippen LogP contribution in [-0.4, -0.2) is 27.9 Å². The van der Waals surface area contributed by atoms with E-state index in [4.69, 9.17) is 0 Å². The van der Waals surface area contributed by atoms with E-state index < -0.39 is 0 Å². The van der Waals surface area contributed by atoms with Crippen LogP contribution in [0.25, 0.3) is 0 Å². The molecule has 0 saturated carbocycles. The van der Waals surface area contributed by atoms with Crippen molar-refractivity contribution in [2.75, 3.05) is 13.1 Å². The van der Waals surface area contributed by atoms with Crippen molar-refractivity contribution in [3.8, 4) is 0 Å². The van der Waals surface area contributed by atoms with Gasteiger partial charge in [0.25, 0.3) is 0 Å². The SMILES string of the molecule is CC(C)CNCCc1ccccc1Cn1cncn1. The normalized spacial score (nSPS) is 11.1.